The van der Waals surface area contributed by atoms with Gasteiger partial charge < -0.3 is 28.5 Å². The maximum Gasteiger partial charge on any atom is 0.339 e. The van der Waals surface area contributed by atoms with Crippen LogP contribution in [0.1, 0.15) is 72.0 Å². The Kier molecular flexibility index (Phi) is 5.56. The summed E-state index contributed by atoms with van der Waals surface area (Å²) in [5.74, 6) is -2.61. The van der Waals surface area contributed by atoms with Gasteiger partial charge in [-0.2, -0.15) is 0 Å². The smallest absolute Gasteiger partial charge is 0.339 e. The number of epoxide rings is 1. The molecule has 0 radical (unpaired) electrons. The number of fused-ring (bicyclic) bond motifs is 3. The average molecular weight is 545 g/mol. The Morgan fingerprint density at radius 2 is 1.64 bits per heavy atom. The monoisotopic (exact) mass is 544 g/mol. The van der Waals surface area contributed by atoms with Crippen LogP contribution in [-0.4, -0.2) is 55.0 Å². The van der Waals surface area contributed by atoms with Crippen LogP contribution in [0.15, 0.2) is 23.0 Å². The predicted molar refractivity (Wildman–Crippen MR) is 136 cm³/mol. The first-order valence-corrected chi connectivity index (χ1v) is 14.0. The third kappa shape index (κ3) is 2.91. The van der Waals surface area contributed by atoms with E-state index in [1.54, 1.807) is 12.5 Å². The second kappa shape index (κ2) is 8.09. The quantitative estimate of drug-likeness (QED) is 0.343. The largest absolute Gasteiger partial charge is 0.472 e. The van der Waals surface area contributed by atoms with Crippen molar-refractivity contribution in [2.45, 2.75) is 84.2 Å². The highest BCUT2D eigenvalue weighted by Crippen LogP contribution is 2.81. The van der Waals surface area contributed by atoms with E-state index in [0.717, 1.165) is 5.56 Å². The van der Waals surface area contributed by atoms with E-state index in [0.29, 0.717) is 25.7 Å². The molecule has 3 heterocycles. The molecule has 5 aliphatic rings. The van der Waals surface area contributed by atoms with Crippen LogP contribution < -0.4 is 0 Å². The number of esters is 3. The van der Waals surface area contributed by atoms with Gasteiger partial charge in [0.1, 0.15) is 11.7 Å². The van der Waals surface area contributed by atoms with E-state index in [4.69, 9.17) is 23.4 Å². The minimum atomic E-state index is -0.975. The Bertz CT molecular complexity index is 1210. The van der Waals surface area contributed by atoms with Crippen LogP contribution in [0.4, 0.5) is 0 Å². The highest BCUT2D eigenvalue weighted by atomic mass is 16.7. The van der Waals surface area contributed by atoms with E-state index in [1.807, 2.05) is 13.0 Å². The molecular formula is C30H40O9. The van der Waals surface area contributed by atoms with Gasteiger partial charge in [0, 0.05) is 16.4 Å². The molecular weight excluding hydrogens is 504 g/mol. The van der Waals surface area contributed by atoms with Crippen molar-refractivity contribution >= 4 is 17.9 Å². The molecule has 0 amide bonds. The van der Waals surface area contributed by atoms with Crippen LogP contribution in [-0.2, 0) is 33.3 Å². The molecule has 1 aromatic rings. The van der Waals surface area contributed by atoms with E-state index in [1.165, 1.54) is 14.2 Å². The highest BCUT2D eigenvalue weighted by Gasteiger charge is 2.88. The maximum absolute atomic E-state index is 13.5. The molecule has 214 valence electrons. The van der Waals surface area contributed by atoms with Gasteiger partial charge in [0.2, 0.25) is 0 Å². The van der Waals surface area contributed by atoms with Crippen LogP contribution in [0.25, 0.3) is 0 Å². The molecule has 6 rings (SSSR count). The fourth-order valence-electron chi connectivity index (χ4n) is 10.6. The molecule has 0 bridgehead atoms. The van der Waals surface area contributed by atoms with Crippen molar-refractivity contribution in [3.05, 3.63) is 24.2 Å². The minimum Gasteiger partial charge on any atom is -0.472 e. The van der Waals surface area contributed by atoms with E-state index in [9.17, 15) is 19.5 Å². The van der Waals surface area contributed by atoms with Crippen LogP contribution in [0.2, 0.25) is 0 Å². The Labute approximate surface area is 228 Å². The number of rotatable bonds is 3. The van der Waals surface area contributed by atoms with Crippen LogP contribution >= 0.6 is 0 Å². The molecule has 39 heavy (non-hydrogen) atoms. The summed E-state index contributed by atoms with van der Waals surface area (Å²) < 4.78 is 28.3. The number of carbonyl (C=O) groups excluding carboxylic acids is 3. The first-order valence-electron chi connectivity index (χ1n) is 14.0. The van der Waals surface area contributed by atoms with E-state index in [-0.39, 0.29) is 23.8 Å². The molecule has 2 saturated heterocycles. The summed E-state index contributed by atoms with van der Waals surface area (Å²) in [7, 11) is 2.75. The molecule has 9 nitrogen and oxygen atoms in total. The predicted octanol–water partition coefficient (Wildman–Crippen LogP) is 3.83. The number of hydrogen-bond acceptors (Lipinski definition) is 9. The van der Waals surface area contributed by atoms with Gasteiger partial charge in [-0.05, 0) is 54.4 Å². The summed E-state index contributed by atoms with van der Waals surface area (Å²) >= 11 is 0. The van der Waals surface area contributed by atoms with Gasteiger partial charge in [0.25, 0.3) is 0 Å². The summed E-state index contributed by atoms with van der Waals surface area (Å²) in [5, 5.41) is 12.2. The Hall–Kier alpha value is -2.39. The second-order valence-electron chi connectivity index (χ2n) is 13.8. The van der Waals surface area contributed by atoms with E-state index < -0.39 is 63.4 Å². The molecule has 1 aromatic heterocycles. The topological polar surface area (TPSA) is 125 Å². The first kappa shape index (κ1) is 26.8. The third-order valence-corrected chi connectivity index (χ3v) is 12.5. The lowest BCUT2D eigenvalue weighted by Crippen LogP contribution is -2.74. The normalized spacial score (nSPS) is 49.3. The number of methoxy groups -OCH3 is 2. The van der Waals surface area contributed by atoms with Gasteiger partial charge in [-0.1, -0.05) is 34.6 Å². The summed E-state index contributed by atoms with van der Waals surface area (Å²) in [6, 6.07) is 1.81. The molecule has 2 aliphatic heterocycles. The number of ether oxygens (including phenoxy) is 4. The van der Waals surface area contributed by atoms with Crippen molar-refractivity contribution in [3.8, 4) is 0 Å². The maximum atomic E-state index is 13.5. The standard InChI is InChI=1S/C30H40O9/c1-26(2)16(23(32)35-6)12-17(24(33)36-7)28(4)18-8-10-27(3)21(15-9-11-37-14-15)38-25(34)22-30(27,39-22)29(18,5)20(31)13-19(26)28/h9,11,14,16-22,31H,8,10,12-13H2,1-7H3/t16-,17+,18+,19+,20+,21-,22-,27-,28+,29-,30-/m0/s1. The van der Waals surface area contributed by atoms with Crippen molar-refractivity contribution in [2.75, 3.05) is 14.2 Å². The van der Waals surface area contributed by atoms with Crippen LogP contribution in [0, 0.1) is 45.3 Å². The summed E-state index contributed by atoms with van der Waals surface area (Å²) in [5.41, 5.74) is -2.88. The SMILES string of the molecule is COC(=O)[C@H]1C[C@@H](C(=O)OC)C(C)(C)[C@H]2C[C@@H](O)[C@]3(C)[C@H](CC[C@@]4(C)[C@H](c5ccoc5)OC(=O)[C@@H]5O[C@]534)[C@@]12C. The molecule has 1 spiro atoms. The highest BCUT2D eigenvalue weighted by molar-refractivity contribution is 5.83. The van der Waals surface area contributed by atoms with E-state index >= 15 is 0 Å². The molecule has 1 N–H and O–H groups in total. The van der Waals surface area contributed by atoms with Crippen molar-refractivity contribution in [3.63, 3.8) is 0 Å². The lowest BCUT2D eigenvalue weighted by molar-refractivity contribution is -0.280. The lowest BCUT2D eigenvalue weighted by atomic mass is 9.32. The third-order valence-electron chi connectivity index (χ3n) is 12.5. The number of cyclic esters (lactones) is 1. The van der Waals surface area contributed by atoms with Gasteiger partial charge >= 0.3 is 17.9 Å². The Balaban J connectivity index is 1.51. The van der Waals surface area contributed by atoms with Gasteiger partial charge in [0.15, 0.2) is 6.10 Å². The molecule has 0 unspecified atom stereocenters. The summed E-state index contributed by atoms with van der Waals surface area (Å²) in [6.07, 6.45) is 2.97. The van der Waals surface area contributed by atoms with Crippen molar-refractivity contribution < 1.29 is 42.9 Å². The Morgan fingerprint density at radius 1 is 0.974 bits per heavy atom. The zero-order valence-electron chi connectivity index (χ0n) is 23.8. The molecule has 9 heteroatoms. The van der Waals surface area contributed by atoms with Crippen molar-refractivity contribution in [2.24, 2.45) is 45.3 Å². The van der Waals surface area contributed by atoms with E-state index in [2.05, 4.69) is 27.7 Å². The zero-order valence-corrected chi connectivity index (χ0v) is 23.8. The van der Waals surface area contributed by atoms with Crippen molar-refractivity contribution in [1.29, 1.82) is 0 Å². The fourth-order valence-corrected chi connectivity index (χ4v) is 10.6. The molecule has 0 aromatic carbocycles. The number of furan rings is 1. The second-order valence-corrected chi connectivity index (χ2v) is 13.8. The number of aliphatic hydroxyl groups excluding tert-OH is 1. The minimum absolute atomic E-state index is 0.182. The van der Waals surface area contributed by atoms with Crippen LogP contribution in [0.3, 0.4) is 0 Å². The zero-order chi connectivity index (χ0) is 28.3. The van der Waals surface area contributed by atoms with Crippen molar-refractivity contribution in [1.82, 2.24) is 0 Å². The summed E-state index contributed by atoms with van der Waals surface area (Å²) in [6.45, 7) is 10.4. The van der Waals surface area contributed by atoms with Gasteiger partial charge in [0.05, 0.1) is 44.7 Å². The number of carbonyl (C=O) groups is 3. The number of aliphatic hydroxyl groups is 1. The van der Waals surface area contributed by atoms with Gasteiger partial charge in [-0.25, -0.2) is 4.79 Å². The average Bonchev–Trinajstić information content (AvgIpc) is 3.46. The molecule has 3 aliphatic carbocycles. The van der Waals surface area contributed by atoms with Gasteiger partial charge in [-0.15, -0.1) is 0 Å². The van der Waals surface area contributed by atoms with Crippen LogP contribution in [0.5, 0.6) is 0 Å². The van der Waals surface area contributed by atoms with Gasteiger partial charge in [-0.3, -0.25) is 9.59 Å². The fraction of sp³-hybridized carbons (Fsp3) is 0.767. The first-order chi connectivity index (χ1) is 18.3. The lowest BCUT2D eigenvalue weighted by Gasteiger charge is -2.71. The Morgan fingerprint density at radius 3 is 2.26 bits per heavy atom. The summed E-state index contributed by atoms with van der Waals surface area (Å²) in [4.78, 5) is 39.8. The number of hydrogen-bond donors (Lipinski definition) is 1. The molecule has 11 atom stereocenters. The molecule has 3 saturated carbocycles. The molecule has 5 fully saturated rings.